The fraction of sp³-hybridized carbons (Fsp3) is 0.417. The molecule has 0 aliphatic carbocycles. The van der Waals surface area contributed by atoms with Crippen LogP contribution in [-0.4, -0.2) is 34.7 Å². The summed E-state index contributed by atoms with van der Waals surface area (Å²) in [7, 11) is 0. The molecule has 0 spiro atoms. The summed E-state index contributed by atoms with van der Waals surface area (Å²) < 4.78 is 31.0. The van der Waals surface area contributed by atoms with Crippen molar-refractivity contribution in [2.45, 2.75) is 51.7 Å². The summed E-state index contributed by atoms with van der Waals surface area (Å²) in [6.45, 7) is 6.78. The zero-order chi connectivity index (χ0) is 22.9. The number of carbonyl (C=O) groups is 1. The number of ether oxygens (including phenoxy) is 2. The maximum absolute atomic E-state index is 14.4. The van der Waals surface area contributed by atoms with E-state index >= 15 is 0 Å². The Labute approximate surface area is 191 Å². The van der Waals surface area contributed by atoms with Crippen LogP contribution < -0.4 is 4.74 Å². The van der Waals surface area contributed by atoms with Gasteiger partial charge in [0.1, 0.15) is 17.8 Å². The van der Waals surface area contributed by atoms with Crippen LogP contribution in [0.2, 0.25) is 5.02 Å². The van der Waals surface area contributed by atoms with Gasteiger partial charge >= 0.3 is 6.09 Å². The van der Waals surface area contributed by atoms with E-state index in [1.165, 1.54) is 6.07 Å². The molecule has 1 fully saturated rings. The van der Waals surface area contributed by atoms with E-state index in [2.05, 4.69) is 4.98 Å². The van der Waals surface area contributed by atoms with Crippen LogP contribution in [0.25, 0.3) is 11.0 Å². The molecule has 0 bridgehead atoms. The standard InChI is InChI=1S/C24H26ClFN2O4/c1-24(2,3)32-23(29)28-11-8-15(9-12-28)20-7-6-19(26)22(27-20)31-14-16-4-5-18(25)17-10-13-30-21(16)17/h4-7,10,13,15H,8-9,11-12,14H2,1-3H3. The molecule has 0 saturated carbocycles. The lowest BCUT2D eigenvalue weighted by atomic mass is 9.93. The van der Waals surface area contributed by atoms with Gasteiger partial charge < -0.3 is 18.8 Å². The van der Waals surface area contributed by atoms with E-state index in [1.54, 1.807) is 35.4 Å². The number of rotatable bonds is 4. The van der Waals surface area contributed by atoms with Crippen molar-refractivity contribution in [3.63, 3.8) is 0 Å². The highest BCUT2D eigenvalue weighted by molar-refractivity contribution is 6.35. The highest BCUT2D eigenvalue weighted by Crippen LogP contribution is 2.31. The minimum Gasteiger partial charge on any atom is -0.471 e. The van der Waals surface area contributed by atoms with Crippen LogP contribution in [0.4, 0.5) is 9.18 Å². The number of pyridine rings is 1. The molecule has 1 aliphatic heterocycles. The number of likely N-dealkylation sites (tertiary alicyclic amines) is 1. The quantitative estimate of drug-likeness (QED) is 0.456. The fourth-order valence-corrected chi connectivity index (χ4v) is 4.01. The molecule has 0 radical (unpaired) electrons. The third kappa shape index (κ3) is 4.99. The predicted octanol–water partition coefficient (Wildman–Crippen LogP) is 6.31. The predicted molar refractivity (Wildman–Crippen MR) is 120 cm³/mol. The Hall–Kier alpha value is -2.80. The summed E-state index contributed by atoms with van der Waals surface area (Å²) in [4.78, 5) is 18.4. The number of furan rings is 1. The molecule has 0 atom stereocenters. The van der Waals surface area contributed by atoms with Crippen molar-refractivity contribution in [2.24, 2.45) is 0 Å². The molecule has 4 rings (SSSR count). The van der Waals surface area contributed by atoms with Crippen molar-refractivity contribution < 1.29 is 23.1 Å². The number of carbonyl (C=O) groups excluding carboxylic acids is 1. The summed E-state index contributed by atoms with van der Waals surface area (Å²) in [5.74, 6) is -0.458. The van der Waals surface area contributed by atoms with Gasteiger partial charge in [-0.05, 0) is 57.9 Å². The highest BCUT2D eigenvalue weighted by atomic mass is 35.5. The lowest BCUT2D eigenvalue weighted by molar-refractivity contribution is 0.0204. The number of benzene rings is 1. The molecule has 1 aromatic carbocycles. The number of aromatic nitrogens is 1. The van der Waals surface area contributed by atoms with Gasteiger partial charge in [0.15, 0.2) is 5.82 Å². The van der Waals surface area contributed by atoms with Gasteiger partial charge in [-0.3, -0.25) is 0 Å². The van der Waals surface area contributed by atoms with Gasteiger partial charge in [0, 0.05) is 35.7 Å². The monoisotopic (exact) mass is 460 g/mol. The minimum absolute atomic E-state index is 0.0493. The van der Waals surface area contributed by atoms with Gasteiger partial charge in [0.25, 0.3) is 5.88 Å². The van der Waals surface area contributed by atoms with Crippen molar-refractivity contribution in [3.05, 3.63) is 58.7 Å². The van der Waals surface area contributed by atoms with Gasteiger partial charge in [-0.2, -0.15) is 0 Å². The molecule has 0 N–H and O–H groups in total. The molecule has 32 heavy (non-hydrogen) atoms. The second-order valence-electron chi connectivity index (χ2n) is 8.92. The van der Waals surface area contributed by atoms with Crippen LogP contribution in [0.3, 0.4) is 0 Å². The van der Waals surface area contributed by atoms with Crippen LogP contribution in [-0.2, 0) is 11.3 Å². The lowest BCUT2D eigenvalue weighted by Gasteiger charge is -2.33. The largest absolute Gasteiger partial charge is 0.471 e. The van der Waals surface area contributed by atoms with Gasteiger partial charge in [0.05, 0.1) is 11.3 Å². The third-order valence-electron chi connectivity index (χ3n) is 5.41. The number of hydrogen-bond donors (Lipinski definition) is 0. The van der Waals surface area contributed by atoms with Crippen molar-refractivity contribution in [1.82, 2.24) is 9.88 Å². The molecular weight excluding hydrogens is 435 g/mol. The molecule has 3 aromatic rings. The Bertz CT molecular complexity index is 1120. The Balaban J connectivity index is 1.41. The van der Waals surface area contributed by atoms with Crippen LogP contribution in [0, 0.1) is 5.82 Å². The first-order valence-electron chi connectivity index (χ1n) is 10.6. The van der Waals surface area contributed by atoms with Crippen LogP contribution >= 0.6 is 11.6 Å². The molecule has 1 aliphatic rings. The first-order chi connectivity index (χ1) is 15.2. The van der Waals surface area contributed by atoms with E-state index in [0.29, 0.717) is 23.7 Å². The van der Waals surface area contributed by atoms with E-state index in [0.717, 1.165) is 29.5 Å². The van der Waals surface area contributed by atoms with Gasteiger partial charge in [0.2, 0.25) is 0 Å². The maximum Gasteiger partial charge on any atom is 0.410 e. The number of nitrogens with zero attached hydrogens (tertiary/aromatic N) is 2. The van der Waals surface area contributed by atoms with Crippen LogP contribution in [0.5, 0.6) is 5.88 Å². The average Bonchev–Trinajstić information content (AvgIpc) is 3.24. The summed E-state index contributed by atoms with van der Waals surface area (Å²) in [5, 5.41) is 1.37. The molecule has 0 unspecified atom stereocenters. The molecule has 1 saturated heterocycles. The summed E-state index contributed by atoms with van der Waals surface area (Å²) in [6.07, 6.45) is 2.70. The van der Waals surface area contributed by atoms with E-state index in [1.807, 2.05) is 20.8 Å². The van der Waals surface area contributed by atoms with E-state index in [4.69, 9.17) is 25.5 Å². The minimum atomic E-state index is -0.524. The lowest BCUT2D eigenvalue weighted by Crippen LogP contribution is -2.41. The maximum atomic E-state index is 14.4. The molecule has 170 valence electrons. The fourth-order valence-electron chi connectivity index (χ4n) is 3.80. The van der Waals surface area contributed by atoms with Crippen LogP contribution in [0.1, 0.15) is 50.8 Å². The number of fused-ring (bicyclic) bond motifs is 1. The SMILES string of the molecule is CC(C)(C)OC(=O)N1CCC(c2ccc(F)c(OCc3ccc(Cl)c4ccoc34)n2)CC1. The first kappa shape index (κ1) is 22.4. The Morgan fingerprint density at radius 1 is 1.22 bits per heavy atom. The Kier molecular flexibility index (Phi) is 6.29. The van der Waals surface area contributed by atoms with Crippen LogP contribution in [0.15, 0.2) is 41.0 Å². The molecule has 3 heterocycles. The summed E-state index contributed by atoms with van der Waals surface area (Å²) >= 11 is 6.18. The summed E-state index contributed by atoms with van der Waals surface area (Å²) in [5.41, 5.74) is 1.60. The Morgan fingerprint density at radius 2 is 1.97 bits per heavy atom. The number of amides is 1. The number of halogens is 2. The van der Waals surface area contributed by atoms with E-state index in [-0.39, 0.29) is 24.5 Å². The van der Waals surface area contributed by atoms with Gasteiger partial charge in [-0.1, -0.05) is 17.7 Å². The van der Waals surface area contributed by atoms with Crippen molar-refractivity contribution in [2.75, 3.05) is 13.1 Å². The number of piperidine rings is 1. The normalized spacial score (nSPS) is 15.2. The third-order valence-corrected chi connectivity index (χ3v) is 5.74. The Morgan fingerprint density at radius 3 is 2.69 bits per heavy atom. The second-order valence-corrected chi connectivity index (χ2v) is 9.33. The van der Waals surface area contributed by atoms with E-state index in [9.17, 15) is 9.18 Å². The van der Waals surface area contributed by atoms with Gasteiger partial charge in [-0.15, -0.1) is 0 Å². The van der Waals surface area contributed by atoms with Crippen molar-refractivity contribution in [3.8, 4) is 5.88 Å². The van der Waals surface area contributed by atoms with Crippen molar-refractivity contribution in [1.29, 1.82) is 0 Å². The molecular formula is C24H26ClFN2O4. The van der Waals surface area contributed by atoms with Crippen molar-refractivity contribution >= 4 is 28.7 Å². The summed E-state index contributed by atoms with van der Waals surface area (Å²) in [6, 6.07) is 8.40. The topological polar surface area (TPSA) is 64.8 Å². The molecule has 8 heteroatoms. The van der Waals surface area contributed by atoms with E-state index < -0.39 is 11.4 Å². The first-order valence-corrected chi connectivity index (χ1v) is 11.0. The number of hydrogen-bond acceptors (Lipinski definition) is 5. The average molecular weight is 461 g/mol. The molecule has 2 aromatic heterocycles. The zero-order valence-electron chi connectivity index (χ0n) is 18.4. The van der Waals surface area contributed by atoms with Gasteiger partial charge in [-0.25, -0.2) is 14.2 Å². The second kappa shape index (κ2) is 8.98. The molecule has 1 amide bonds. The zero-order valence-corrected chi connectivity index (χ0v) is 19.1. The highest BCUT2D eigenvalue weighted by Gasteiger charge is 2.28. The smallest absolute Gasteiger partial charge is 0.410 e. The molecule has 6 nitrogen and oxygen atoms in total.